The van der Waals surface area contributed by atoms with E-state index in [1.54, 1.807) is 0 Å². The number of rotatable bonds is 5. The molecule has 2 aliphatic carbocycles. The monoisotopic (exact) mass is 641 g/mol. The SMILES string of the molecule is C1=CC(C2CC=Cc3oc4cc5ccccc5cc4c32)=C(N(c2cccc(-c3ccccc3)c2)c2ccc3c(ccc4ccccc43)c2)CC1. The van der Waals surface area contributed by atoms with Crippen LogP contribution in [0.25, 0.3) is 60.5 Å². The molecule has 1 heterocycles. The molecule has 10 rings (SSSR count). The van der Waals surface area contributed by atoms with Crippen LogP contribution in [0.15, 0.2) is 180 Å². The summed E-state index contributed by atoms with van der Waals surface area (Å²) in [7, 11) is 0. The third-order valence-corrected chi connectivity index (χ3v) is 10.6. The average Bonchev–Trinajstić information content (AvgIpc) is 3.55. The zero-order valence-corrected chi connectivity index (χ0v) is 27.7. The van der Waals surface area contributed by atoms with Gasteiger partial charge in [-0.15, -0.1) is 0 Å². The highest BCUT2D eigenvalue weighted by molar-refractivity contribution is 6.08. The fourth-order valence-corrected chi connectivity index (χ4v) is 8.30. The van der Waals surface area contributed by atoms with E-state index in [0.717, 1.165) is 30.6 Å². The molecule has 0 spiro atoms. The Morgan fingerprint density at radius 1 is 0.520 bits per heavy atom. The molecular formula is C48H35NO. The second kappa shape index (κ2) is 11.8. The summed E-state index contributed by atoms with van der Waals surface area (Å²) in [5, 5.41) is 8.75. The van der Waals surface area contributed by atoms with Gasteiger partial charge in [-0.2, -0.15) is 0 Å². The molecule has 0 fully saturated rings. The molecule has 0 saturated heterocycles. The van der Waals surface area contributed by atoms with Crippen LogP contribution >= 0.6 is 0 Å². The molecule has 0 saturated carbocycles. The molecule has 2 heteroatoms. The van der Waals surface area contributed by atoms with Crippen molar-refractivity contribution in [1.82, 2.24) is 0 Å². The number of nitrogens with zero attached hydrogens (tertiary/aromatic N) is 1. The summed E-state index contributed by atoms with van der Waals surface area (Å²) >= 11 is 0. The molecule has 8 aromatic rings. The van der Waals surface area contributed by atoms with Gasteiger partial charge in [-0.1, -0.05) is 127 Å². The first kappa shape index (κ1) is 28.9. The molecular weight excluding hydrogens is 607 g/mol. The van der Waals surface area contributed by atoms with Crippen LogP contribution in [-0.4, -0.2) is 0 Å². The summed E-state index contributed by atoms with van der Waals surface area (Å²) in [6, 6.07) is 53.1. The fraction of sp³-hybridized carbons (Fsp3) is 0.0833. The minimum Gasteiger partial charge on any atom is -0.456 e. The summed E-state index contributed by atoms with van der Waals surface area (Å²) in [6.45, 7) is 0. The number of hydrogen-bond donors (Lipinski definition) is 0. The summed E-state index contributed by atoms with van der Waals surface area (Å²) in [5.41, 5.74) is 9.75. The van der Waals surface area contributed by atoms with Crippen LogP contribution < -0.4 is 4.90 Å². The minimum atomic E-state index is 0.174. The van der Waals surface area contributed by atoms with Crippen LogP contribution in [-0.2, 0) is 0 Å². The van der Waals surface area contributed by atoms with E-state index in [9.17, 15) is 0 Å². The largest absolute Gasteiger partial charge is 0.456 e. The lowest BCUT2D eigenvalue weighted by Gasteiger charge is -2.34. The van der Waals surface area contributed by atoms with Crippen molar-refractivity contribution in [3.63, 3.8) is 0 Å². The van der Waals surface area contributed by atoms with E-state index in [1.807, 2.05) is 0 Å². The first-order valence-electron chi connectivity index (χ1n) is 17.7. The van der Waals surface area contributed by atoms with E-state index < -0.39 is 0 Å². The maximum atomic E-state index is 6.59. The van der Waals surface area contributed by atoms with Crippen molar-refractivity contribution < 1.29 is 4.42 Å². The van der Waals surface area contributed by atoms with Crippen molar-refractivity contribution in [2.75, 3.05) is 4.90 Å². The number of benzene rings is 7. The van der Waals surface area contributed by atoms with Crippen LogP contribution in [0.5, 0.6) is 0 Å². The van der Waals surface area contributed by atoms with Crippen LogP contribution in [0.3, 0.4) is 0 Å². The predicted molar refractivity (Wildman–Crippen MR) is 211 cm³/mol. The third kappa shape index (κ3) is 4.79. The van der Waals surface area contributed by atoms with E-state index in [0.29, 0.717) is 0 Å². The van der Waals surface area contributed by atoms with Gasteiger partial charge in [0.15, 0.2) is 0 Å². The van der Waals surface area contributed by atoms with Gasteiger partial charge >= 0.3 is 0 Å². The lowest BCUT2D eigenvalue weighted by atomic mass is 9.80. The van der Waals surface area contributed by atoms with Crippen molar-refractivity contribution in [3.8, 4) is 11.1 Å². The molecule has 2 nitrogen and oxygen atoms in total. The predicted octanol–water partition coefficient (Wildman–Crippen LogP) is 13.5. The van der Waals surface area contributed by atoms with Gasteiger partial charge in [0.2, 0.25) is 0 Å². The Labute approximate surface area is 291 Å². The molecule has 1 unspecified atom stereocenters. The molecule has 2 aliphatic rings. The highest BCUT2D eigenvalue weighted by atomic mass is 16.3. The van der Waals surface area contributed by atoms with Crippen molar-refractivity contribution in [1.29, 1.82) is 0 Å². The van der Waals surface area contributed by atoms with Crippen molar-refractivity contribution in [2.24, 2.45) is 0 Å². The lowest BCUT2D eigenvalue weighted by molar-refractivity contribution is 0.589. The Hall–Kier alpha value is -6.12. The van der Waals surface area contributed by atoms with E-state index in [4.69, 9.17) is 4.42 Å². The van der Waals surface area contributed by atoms with E-state index in [2.05, 4.69) is 175 Å². The number of furan rings is 1. The molecule has 0 radical (unpaired) electrons. The third-order valence-electron chi connectivity index (χ3n) is 10.6. The Balaban J connectivity index is 1.19. The van der Waals surface area contributed by atoms with Gasteiger partial charge < -0.3 is 9.32 Å². The Morgan fingerprint density at radius 2 is 1.26 bits per heavy atom. The highest BCUT2D eigenvalue weighted by Gasteiger charge is 2.31. The van der Waals surface area contributed by atoms with Crippen molar-refractivity contribution in [2.45, 2.75) is 25.2 Å². The molecule has 50 heavy (non-hydrogen) atoms. The molecule has 1 atom stereocenters. The van der Waals surface area contributed by atoms with Gasteiger partial charge in [-0.3, -0.25) is 0 Å². The van der Waals surface area contributed by atoms with Crippen LogP contribution in [0, 0.1) is 0 Å². The molecule has 238 valence electrons. The van der Waals surface area contributed by atoms with Gasteiger partial charge in [-0.25, -0.2) is 0 Å². The smallest absolute Gasteiger partial charge is 0.135 e. The van der Waals surface area contributed by atoms with E-state index in [1.165, 1.54) is 77.0 Å². The Kier molecular flexibility index (Phi) is 6.80. The fourth-order valence-electron chi connectivity index (χ4n) is 8.30. The molecule has 0 N–H and O–H groups in total. The maximum absolute atomic E-state index is 6.59. The first-order chi connectivity index (χ1) is 24.8. The zero-order chi connectivity index (χ0) is 33.0. The molecule has 0 aliphatic heterocycles. The Morgan fingerprint density at radius 3 is 2.16 bits per heavy atom. The second-order valence-electron chi connectivity index (χ2n) is 13.6. The Bertz CT molecular complexity index is 2690. The van der Waals surface area contributed by atoms with Gasteiger partial charge in [0.05, 0.1) is 0 Å². The van der Waals surface area contributed by atoms with Gasteiger partial charge in [0.1, 0.15) is 11.3 Å². The van der Waals surface area contributed by atoms with E-state index in [-0.39, 0.29) is 5.92 Å². The first-order valence-corrected chi connectivity index (χ1v) is 17.7. The molecule has 1 aromatic heterocycles. The lowest BCUT2D eigenvalue weighted by Crippen LogP contribution is -2.22. The van der Waals surface area contributed by atoms with Crippen LogP contribution in [0.1, 0.15) is 36.5 Å². The second-order valence-corrected chi connectivity index (χ2v) is 13.6. The summed E-state index contributed by atoms with van der Waals surface area (Å²) in [5.74, 6) is 1.15. The summed E-state index contributed by atoms with van der Waals surface area (Å²) in [6.07, 6.45) is 12.1. The van der Waals surface area contributed by atoms with Crippen molar-refractivity contribution >= 4 is 60.7 Å². The number of anilines is 2. The van der Waals surface area contributed by atoms with Gasteiger partial charge in [0.25, 0.3) is 0 Å². The average molecular weight is 642 g/mol. The van der Waals surface area contributed by atoms with Crippen LogP contribution in [0.2, 0.25) is 0 Å². The molecule has 0 amide bonds. The quantitative estimate of drug-likeness (QED) is 0.174. The molecule has 7 aromatic carbocycles. The van der Waals surface area contributed by atoms with Crippen LogP contribution in [0.4, 0.5) is 11.4 Å². The highest BCUT2D eigenvalue weighted by Crippen LogP contribution is 2.48. The van der Waals surface area contributed by atoms with Gasteiger partial charge in [-0.05, 0) is 111 Å². The summed E-state index contributed by atoms with van der Waals surface area (Å²) in [4.78, 5) is 2.54. The van der Waals surface area contributed by atoms with Gasteiger partial charge in [0, 0.05) is 33.9 Å². The topological polar surface area (TPSA) is 16.4 Å². The number of hydrogen-bond acceptors (Lipinski definition) is 2. The number of fused-ring (bicyclic) bond motifs is 7. The van der Waals surface area contributed by atoms with E-state index >= 15 is 0 Å². The standard InChI is InChI=1S/C48H35NO/c1-2-12-32(13-3-1)34-17-10-18-38(28-34)49(39-26-27-41-37(29-39)25-24-33-14-6-7-19-40(33)41)45-22-9-8-20-42(45)43-21-11-23-46-48(43)44-30-35-15-4-5-16-36(35)31-47(44)50-46/h1-8,10-20,23-31,43H,9,21-22H2. The minimum absolute atomic E-state index is 0.174. The molecule has 0 bridgehead atoms. The zero-order valence-electron chi connectivity index (χ0n) is 27.7. The van der Waals surface area contributed by atoms with Crippen molar-refractivity contribution in [3.05, 3.63) is 186 Å². The maximum Gasteiger partial charge on any atom is 0.135 e. The number of allylic oxidation sites excluding steroid dienone is 5. The normalized spacial score (nSPS) is 15.7. The summed E-state index contributed by atoms with van der Waals surface area (Å²) < 4.78 is 6.59.